The average molecular weight is 572 g/mol. The number of aryl methyl sites for hydroxylation is 1. The summed E-state index contributed by atoms with van der Waals surface area (Å²) in [5.74, 6) is -0.465. The fraction of sp³-hybridized carbons (Fsp3) is 0.0278. The van der Waals surface area contributed by atoms with Crippen molar-refractivity contribution in [3.8, 4) is 22.5 Å². The van der Waals surface area contributed by atoms with Crippen molar-refractivity contribution in [3.05, 3.63) is 132 Å². The van der Waals surface area contributed by atoms with Crippen LogP contribution in [0.5, 0.6) is 0 Å². The van der Waals surface area contributed by atoms with Crippen LogP contribution in [0, 0.1) is 6.92 Å². The molecule has 8 aromatic rings. The van der Waals surface area contributed by atoms with E-state index in [-0.39, 0.29) is 0 Å². The highest BCUT2D eigenvalue weighted by molar-refractivity contribution is 6.04. The van der Waals surface area contributed by atoms with E-state index in [4.69, 9.17) is 20.8 Å². The Morgan fingerprint density at radius 3 is 2.11 bits per heavy atom. The molecule has 8 nitrogen and oxygen atoms in total. The molecule has 3 N–H and O–H groups in total. The first kappa shape index (κ1) is 25.6. The molecule has 0 atom stereocenters. The van der Waals surface area contributed by atoms with Gasteiger partial charge in [0.2, 0.25) is 5.91 Å². The SMILES string of the molecule is Cc1ccc(-c2nn3c4ccc(N=c5[nH]nc(-c6ccc(C(N)=O)cc6)c6ccccc56)cc4nc3c3ccccc23)cc1. The molecular weight excluding hydrogens is 546 g/mol. The van der Waals surface area contributed by atoms with Crippen molar-refractivity contribution in [2.24, 2.45) is 10.7 Å². The van der Waals surface area contributed by atoms with E-state index >= 15 is 0 Å². The van der Waals surface area contributed by atoms with Gasteiger partial charge in [-0.3, -0.25) is 9.89 Å². The molecule has 0 fully saturated rings. The summed E-state index contributed by atoms with van der Waals surface area (Å²) in [5.41, 5.74) is 14.5. The standard InChI is InChI=1S/C36H25N7O/c1-21-10-12-23(13-11-21)33-27-7-3-5-9-29(27)36-39-30-20-25(18-19-31(30)43(36)42-33)38-35-28-8-4-2-6-26(28)32(40-41-35)22-14-16-24(17-15-22)34(37)44/h2-20H,1H3,(H2,37,44)(H,38,41). The number of hydrogen-bond donors (Lipinski definition) is 2. The molecular formula is C36H25N7O. The van der Waals surface area contributed by atoms with Gasteiger partial charge in [0.15, 0.2) is 11.1 Å². The molecule has 5 aromatic carbocycles. The number of nitrogens with one attached hydrogen (secondary N) is 1. The Kier molecular flexibility index (Phi) is 5.80. The van der Waals surface area contributed by atoms with E-state index in [0.717, 1.165) is 66.4 Å². The number of hydrogen-bond acceptors (Lipinski definition) is 5. The van der Waals surface area contributed by atoms with Crippen molar-refractivity contribution in [1.82, 2.24) is 24.8 Å². The summed E-state index contributed by atoms with van der Waals surface area (Å²) in [6.07, 6.45) is 0. The Balaban J connectivity index is 1.27. The van der Waals surface area contributed by atoms with Crippen LogP contribution in [-0.2, 0) is 0 Å². The molecule has 0 spiro atoms. The number of fused-ring (bicyclic) bond motifs is 6. The van der Waals surface area contributed by atoms with Gasteiger partial charge in [0.05, 0.1) is 28.1 Å². The zero-order valence-corrected chi connectivity index (χ0v) is 23.7. The number of nitrogens with zero attached hydrogens (tertiary/aromatic N) is 5. The van der Waals surface area contributed by atoms with Gasteiger partial charge < -0.3 is 5.73 Å². The summed E-state index contributed by atoms with van der Waals surface area (Å²) < 4.78 is 1.93. The van der Waals surface area contributed by atoms with E-state index in [1.54, 1.807) is 12.1 Å². The Morgan fingerprint density at radius 1 is 0.750 bits per heavy atom. The highest BCUT2D eigenvalue weighted by Gasteiger charge is 2.15. The predicted molar refractivity (Wildman–Crippen MR) is 173 cm³/mol. The number of nitrogens with two attached hydrogens (primary N) is 1. The summed E-state index contributed by atoms with van der Waals surface area (Å²) >= 11 is 0. The van der Waals surface area contributed by atoms with Crippen molar-refractivity contribution in [2.75, 3.05) is 0 Å². The Morgan fingerprint density at radius 2 is 1.39 bits per heavy atom. The maximum absolute atomic E-state index is 11.5. The van der Waals surface area contributed by atoms with E-state index in [1.807, 2.05) is 71.2 Å². The lowest BCUT2D eigenvalue weighted by Gasteiger charge is -2.08. The molecule has 3 aromatic heterocycles. The number of carbonyl (C=O) groups excluding carboxylic acids is 1. The van der Waals surface area contributed by atoms with Crippen LogP contribution < -0.4 is 11.2 Å². The first-order valence-electron chi connectivity index (χ1n) is 14.2. The van der Waals surface area contributed by atoms with Crippen molar-refractivity contribution >= 4 is 49.8 Å². The highest BCUT2D eigenvalue weighted by atomic mass is 16.1. The van der Waals surface area contributed by atoms with Gasteiger partial charge in [0.25, 0.3) is 0 Å². The van der Waals surface area contributed by atoms with E-state index in [9.17, 15) is 4.79 Å². The van der Waals surface area contributed by atoms with Gasteiger partial charge in [-0.25, -0.2) is 14.5 Å². The minimum Gasteiger partial charge on any atom is -0.366 e. The van der Waals surface area contributed by atoms with Crippen LogP contribution >= 0.6 is 0 Å². The summed E-state index contributed by atoms with van der Waals surface area (Å²) in [6, 6.07) is 37.7. The molecule has 3 heterocycles. The number of benzene rings is 5. The molecule has 0 radical (unpaired) electrons. The lowest BCUT2D eigenvalue weighted by atomic mass is 10.0. The van der Waals surface area contributed by atoms with Gasteiger partial charge in [0, 0.05) is 38.2 Å². The Labute approximate surface area is 251 Å². The Bertz CT molecular complexity index is 2470. The maximum Gasteiger partial charge on any atom is 0.248 e. The first-order chi connectivity index (χ1) is 21.5. The quantitative estimate of drug-likeness (QED) is 0.239. The number of amides is 1. The van der Waals surface area contributed by atoms with Gasteiger partial charge >= 0.3 is 0 Å². The maximum atomic E-state index is 11.5. The average Bonchev–Trinajstić information content (AvgIpc) is 3.43. The second-order valence-electron chi connectivity index (χ2n) is 10.8. The number of imidazole rings is 1. The third-order valence-electron chi connectivity index (χ3n) is 7.96. The van der Waals surface area contributed by atoms with E-state index in [2.05, 4.69) is 53.5 Å². The fourth-order valence-electron chi connectivity index (χ4n) is 5.72. The number of carbonyl (C=O) groups is 1. The van der Waals surface area contributed by atoms with Crippen molar-refractivity contribution in [1.29, 1.82) is 0 Å². The monoisotopic (exact) mass is 571 g/mol. The molecule has 0 bridgehead atoms. The summed E-state index contributed by atoms with van der Waals surface area (Å²) in [7, 11) is 0. The van der Waals surface area contributed by atoms with Gasteiger partial charge in [-0.2, -0.15) is 10.2 Å². The second-order valence-corrected chi connectivity index (χ2v) is 10.8. The molecule has 44 heavy (non-hydrogen) atoms. The first-order valence-corrected chi connectivity index (χ1v) is 14.2. The van der Waals surface area contributed by atoms with Crippen LogP contribution in [0.4, 0.5) is 5.69 Å². The molecule has 1 amide bonds. The summed E-state index contributed by atoms with van der Waals surface area (Å²) in [5, 5.41) is 16.8. The minimum atomic E-state index is -0.465. The van der Waals surface area contributed by atoms with Crippen LogP contribution in [0.15, 0.2) is 120 Å². The van der Waals surface area contributed by atoms with Crippen molar-refractivity contribution in [2.45, 2.75) is 6.92 Å². The lowest BCUT2D eigenvalue weighted by molar-refractivity contribution is 0.100. The molecule has 0 saturated carbocycles. The topological polar surface area (TPSA) is 114 Å². The van der Waals surface area contributed by atoms with Gasteiger partial charge in [0.1, 0.15) is 0 Å². The molecule has 0 aliphatic carbocycles. The molecule has 8 rings (SSSR count). The summed E-state index contributed by atoms with van der Waals surface area (Å²) in [4.78, 5) is 21.5. The Hall–Kier alpha value is -6.15. The lowest BCUT2D eigenvalue weighted by Crippen LogP contribution is -2.12. The van der Waals surface area contributed by atoms with E-state index in [0.29, 0.717) is 11.1 Å². The normalized spacial score (nSPS) is 12.1. The number of aromatic nitrogens is 5. The molecule has 0 unspecified atom stereocenters. The highest BCUT2D eigenvalue weighted by Crippen LogP contribution is 2.32. The number of primary amides is 1. The van der Waals surface area contributed by atoms with E-state index in [1.165, 1.54) is 5.56 Å². The zero-order chi connectivity index (χ0) is 29.8. The van der Waals surface area contributed by atoms with Crippen LogP contribution in [-0.4, -0.2) is 30.7 Å². The third kappa shape index (κ3) is 4.20. The number of H-pyrrole nitrogens is 1. The van der Waals surface area contributed by atoms with Crippen molar-refractivity contribution in [3.63, 3.8) is 0 Å². The fourth-order valence-corrected chi connectivity index (χ4v) is 5.72. The number of aromatic amines is 1. The largest absolute Gasteiger partial charge is 0.366 e. The summed E-state index contributed by atoms with van der Waals surface area (Å²) in [6.45, 7) is 2.08. The molecule has 0 aliphatic rings. The van der Waals surface area contributed by atoms with Gasteiger partial charge in [-0.05, 0) is 37.3 Å². The van der Waals surface area contributed by atoms with Crippen LogP contribution in [0.2, 0.25) is 0 Å². The predicted octanol–water partition coefficient (Wildman–Crippen LogP) is 6.89. The van der Waals surface area contributed by atoms with Crippen LogP contribution in [0.3, 0.4) is 0 Å². The van der Waals surface area contributed by atoms with Gasteiger partial charge in [-0.15, -0.1) is 0 Å². The molecule has 8 heteroatoms. The number of rotatable bonds is 4. The molecule has 210 valence electrons. The third-order valence-corrected chi connectivity index (χ3v) is 7.96. The zero-order valence-electron chi connectivity index (χ0n) is 23.7. The van der Waals surface area contributed by atoms with E-state index < -0.39 is 5.91 Å². The van der Waals surface area contributed by atoms with Crippen molar-refractivity contribution < 1.29 is 4.79 Å². The van der Waals surface area contributed by atoms with Crippen LogP contribution in [0.1, 0.15) is 15.9 Å². The van der Waals surface area contributed by atoms with Gasteiger partial charge in [-0.1, -0.05) is 90.5 Å². The minimum absolute atomic E-state index is 0.450. The second kappa shape index (κ2) is 9.99. The smallest absolute Gasteiger partial charge is 0.248 e. The molecule has 0 aliphatic heterocycles. The van der Waals surface area contributed by atoms with Crippen LogP contribution in [0.25, 0.3) is 60.7 Å². The molecule has 0 saturated heterocycles.